The van der Waals surface area contributed by atoms with E-state index < -0.39 is 0 Å². The van der Waals surface area contributed by atoms with Crippen molar-refractivity contribution >= 4 is 0 Å². The number of unbranched alkanes of at least 4 members (excludes halogenated alkanes) is 4. The van der Waals surface area contributed by atoms with Crippen LogP contribution in [0.15, 0.2) is 24.3 Å². The molecule has 0 aromatic heterocycles. The first-order valence-electron chi connectivity index (χ1n) is 8.78. The van der Waals surface area contributed by atoms with Gasteiger partial charge < -0.3 is 4.90 Å². The quantitative estimate of drug-likeness (QED) is 0.665. The number of piperazine rings is 1. The van der Waals surface area contributed by atoms with E-state index in [1.165, 1.54) is 76.0 Å². The van der Waals surface area contributed by atoms with Gasteiger partial charge in [-0.2, -0.15) is 0 Å². The van der Waals surface area contributed by atoms with Gasteiger partial charge in [-0.3, -0.25) is 4.90 Å². The van der Waals surface area contributed by atoms with Gasteiger partial charge >= 0.3 is 0 Å². The maximum absolute atomic E-state index is 2.65. The molecule has 1 aliphatic heterocycles. The van der Waals surface area contributed by atoms with Crippen molar-refractivity contribution in [1.82, 2.24) is 9.80 Å². The minimum atomic E-state index is 1.12. The van der Waals surface area contributed by atoms with Gasteiger partial charge in [-0.15, -0.1) is 0 Å². The van der Waals surface area contributed by atoms with Gasteiger partial charge in [-0.25, -0.2) is 0 Å². The summed E-state index contributed by atoms with van der Waals surface area (Å²) in [5, 5.41) is 0. The summed E-state index contributed by atoms with van der Waals surface area (Å²) in [6, 6.07) is 8.99. The van der Waals surface area contributed by atoms with Crippen LogP contribution >= 0.6 is 0 Å². The molecule has 0 atom stereocenters. The molecule has 1 fully saturated rings. The summed E-state index contributed by atoms with van der Waals surface area (Å²) in [6.45, 7) is 11.8. The van der Waals surface area contributed by atoms with Crippen LogP contribution in [-0.2, 0) is 6.54 Å². The topological polar surface area (TPSA) is 6.48 Å². The van der Waals surface area contributed by atoms with Gasteiger partial charge in [0.15, 0.2) is 0 Å². The largest absolute Gasteiger partial charge is 0.301 e. The van der Waals surface area contributed by atoms with Crippen LogP contribution in [0.1, 0.15) is 50.2 Å². The molecule has 0 unspecified atom stereocenters. The fourth-order valence-corrected chi connectivity index (χ4v) is 3.06. The van der Waals surface area contributed by atoms with Crippen LogP contribution in [0.3, 0.4) is 0 Å². The Kier molecular flexibility index (Phi) is 7.25. The van der Waals surface area contributed by atoms with Gasteiger partial charge in [0.2, 0.25) is 0 Å². The SMILES string of the molecule is CCCCCCCN1CCN(Cc2ccc(C)cc2)CC1. The van der Waals surface area contributed by atoms with E-state index in [4.69, 9.17) is 0 Å². The van der Waals surface area contributed by atoms with E-state index in [0.29, 0.717) is 0 Å². The zero-order chi connectivity index (χ0) is 14.9. The minimum absolute atomic E-state index is 1.12. The first-order chi connectivity index (χ1) is 10.3. The highest BCUT2D eigenvalue weighted by atomic mass is 15.3. The number of hydrogen-bond acceptors (Lipinski definition) is 2. The monoisotopic (exact) mass is 288 g/mol. The number of hydrogen-bond donors (Lipinski definition) is 0. The smallest absolute Gasteiger partial charge is 0.0234 e. The molecule has 1 aliphatic rings. The van der Waals surface area contributed by atoms with Crippen LogP contribution in [0.2, 0.25) is 0 Å². The molecule has 1 saturated heterocycles. The number of nitrogens with zero attached hydrogens (tertiary/aromatic N) is 2. The molecule has 0 radical (unpaired) electrons. The van der Waals surface area contributed by atoms with Crippen LogP contribution in [0.5, 0.6) is 0 Å². The first-order valence-corrected chi connectivity index (χ1v) is 8.78. The van der Waals surface area contributed by atoms with Gasteiger partial charge in [0.25, 0.3) is 0 Å². The van der Waals surface area contributed by atoms with Crippen molar-refractivity contribution < 1.29 is 0 Å². The molecule has 2 heteroatoms. The third-order valence-corrected chi connectivity index (χ3v) is 4.57. The van der Waals surface area contributed by atoms with E-state index in [0.717, 1.165) is 6.54 Å². The normalized spacial score (nSPS) is 17.2. The van der Waals surface area contributed by atoms with E-state index in [2.05, 4.69) is 47.9 Å². The fourth-order valence-electron chi connectivity index (χ4n) is 3.06. The Hall–Kier alpha value is -0.860. The Morgan fingerprint density at radius 1 is 0.810 bits per heavy atom. The minimum Gasteiger partial charge on any atom is -0.301 e. The molecule has 21 heavy (non-hydrogen) atoms. The molecule has 0 amide bonds. The lowest BCUT2D eigenvalue weighted by atomic mass is 10.1. The predicted molar refractivity (Wildman–Crippen MR) is 91.7 cm³/mol. The Balaban J connectivity index is 1.60. The molecule has 0 aliphatic carbocycles. The lowest BCUT2D eigenvalue weighted by molar-refractivity contribution is 0.125. The lowest BCUT2D eigenvalue weighted by Gasteiger charge is -2.34. The molecular formula is C19H32N2. The zero-order valence-corrected chi connectivity index (χ0v) is 14.0. The first kappa shape index (κ1) is 16.5. The second-order valence-electron chi connectivity index (χ2n) is 6.52. The summed E-state index contributed by atoms with van der Waals surface area (Å²) in [6.07, 6.45) is 6.97. The van der Waals surface area contributed by atoms with Crippen molar-refractivity contribution in [2.75, 3.05) is 32.7 Å². The van der Waals surface area contributed by atoms with Crippen molar-refractivity contribution in [2.45, 2.75) is 52.5 Å². The van der Waals surface area contributed by atoms with Gasteiger partial charge in [0.1, 0.15) is 0 Å². The van der Waals surface area contributed by atoms with E-state index in [1.54, 1.807) is 0 Å². The Morgan fingerprint density at radius 3 is 2.10 bits per heavy atom. The molecule has 118 valence electrons. The molecule has 0 saturated carbocycles. The Bertz CT molecular complexity index is 377. The summed E-state index contributed by atoms with van der Waals surface area (Å²) >= 11 is 0. The van der Waals surface area contributed by atoms with Crippen molar-refractivity contribution in [3.05, 3.63) is 35.4 Å². The van der Waals surface area contributed by atoms with E-state index in [9.17, 15) is 0 Å². The summed E-state index contributed by atoms with van der Waals surface area (Å²) in [4.78, 5) is 5.25. The average Bonchev–Trinajstić information content (AvgIpc) is 2.51. The third kappa shape index (κ3) is 6.19. The molecule has 1 aromatic rings. The second kappa shape index (κ2) is 9.22. The summed E-state index contributed by atoms with van der Waals surface area (Å²) in [5.41, 5.74) is 2.81. The van der Waals surface area contributed by atoms with Crippen LogP contribution in [0.4, 0.5) is 0 Å². The second-order valence-corrected chi connectivity index (χ2v) is 6.52. The Labute approximate surface area is 131 Å². The lowest BCUT2D eigenvalue weighted by Crippen LogP contribution is -2.46. The van der Waals surface area contributed by atoms with E-state index in [-0.39, 0.29) is 0 Å². The third-order valence-electron chi connectivity index (χ3n) is 4.57. The molecule has 2 nitrogen and oxygen atoms in total. The van der Waals surface area contributed by atoms with Gasteiger partial charge in [0.05, 0.1) is 0 Å². The van der Waals surface area contributed by atoms with Crippen LogP contribution < -0.4 is 0 Å². The standard InChI is InChI=1S/C19H32N2/c1-3-4-5-6-7-12-20-13-15-21(16-14-20)17-19-10-8-18(2)9-11-19/h8-11H,3-7,12-17H2,1-2H3. The maximum Gasteiger partial charge on any atom is 0.0234 e. The van der Waals surface area contributed by atoms with Crippen LogP contribution in [0, 0.1) is 6.92 Å². The predicted octanol–water partition coefficient (Wildman–Crippen LogP) is 4.08. The molecule has 2 rings (SSSR count). The summed E-state index contributed by atoms with van der Waals surface area (Å²) in [7, 11) is 0. The zero-order valence-electron chi connectivity index (χ0n) is 14.0. The van der Waals surface area contributed by atoms with E-state index >= 15 is 0 Å². The molecule has 0 spiro atoms. The molecular weight excluding hydrogens is 256 g/mol. The summed E-state index contributed by atoms with van der Waals surface area (Å²) in [5.74, 6) is 0. The average molecular weight is 288 g/mol. The molecule has 1 aromatic carbocycles. The fraction of sp³-hybridized carbons (Fsp3) is 0.684. The number of rotatable bonds is 8. The highest BCUT2D eigenvalue weighted by Gasteiger charge is 2.16. The van der Waals surface area contributed by atoms with E-state index in [1.807, 2.05) is 0 Å². The molecule has 0 N–H and O–H groups in total. The highest BCUT2D eigenvalue weighted by molar-refractivity contribution is 5.21. The van der Waals surface area contributed by atoms with Gasteiger partial charge in [-0.1, -0.05) is 62.4 Å². The molecule has 1 heterocycles. The van der Waals surface area contributed by atoms with Gasteiger partial charge in [-0.05, 0) is 25.5 Å². The highest BCUT2D eigenvalue weighted by Crippen LogP contribution is 2.11. The van der Waals surface area contributed by atoms with Gasteiger partial charge in [0, 0.05) is 32.7 Å². The van der Waals surface area contributed by atoms with Crippen molar-refractivity contribution in [1.29, 1.82) is 0 Å². The van der Waals surface area contributed by atoms with Crippen molar-refractivity contribution in [2.24, 2.45) is 0 Å². The van der Waals surface area contributed by atoms with Crippen molar-refractivity contribution in [3.8, 4) is 0 Å². The van der Waals surface area contributed by atoms with Crippen LogP contribution in [-0.4, -0.2) is 42.5 Å². The Morgan fingerprint density at radius 2 is 1.43 bits per heavy atom. The van der Waals surface area contributed by atoms with Crippen LogP contribution in [0.25, 0.3) is 0 Å². The maximum atomic E-state index is 2.65. The number of aryl methyl sites for hydroxylation is 1. The van der Waals surface area contributed by atoms with Crippen molar-refractivity contribution in [3.63, 3.8) is 0 Å². The number of benzene rings is 1. The summed E-state index contributed by atoms with van der Waals surface area (Å²) < 4.78 is 0. The molecule has 0 bridgehead atoms.